The molecule has 2 aromatic heterocycles. The van der Waals surface area contributed by atoms with Crippen LogP contribution in [0, 0.1) is 0 Å². The molecule has 1 amide bonds. The quantitative estimate of drug-likeness (QED) is 0.0947. The van der Waals surface area contributed by atoms with E-state index in [4.69, 9.17) is 14.2 Å². The van der Waals surface area contributed by atoms with Crippen molar-refractivity contribution in [3.63, 3.8) is 0 Å². The number of sulfonamides is 1. The third-order valence-electron chi connectivity index (χ3n) is 7.99. The lowest BCUT2D eigenvalue weighted by Crippen LogP contribution is -2.24. The van der Waals surface area contributed by atoms with E-state index in [2.05, 4.69) is 62.9 Å². The van der Waals surface area contributed by atoms with Crippen molar-refractivity contribution in [1.82, 2.24) is 25.3 Å². The van der Waals surface area contributed by atoms with E-state index < -0.39 is 10.0 Å². The summed E-state index contributed by atoms with van der Waals surface area (Å²) in [5.74, 6) is 0.476. The summed E-state index contributed by atoms with van der Waals surface area (Å²) < 4.78 is 48.1. The third-order valence-corrected chi connectivity index (χ3v) is 9.34. The predicted molar refractivity (Wildman–Crippen MR) is 199 cm³/mol. The Morgan fingerprint density at radius 3 is 2.17 bits per heavy atom. The number of hydrogen-bond acceptors (Lipinski definition) is 10. The predicted octanol–water partition coefficient (Wildman–Crippen LogP) is 7.13. The second kappa shape index (κ2) is 17.6. The SMILES string of the molecule is COc1ccccc1Oc1c(NS(=O)(=O)c2ccc(C(C)(C)C)cc2)nc(-c2ncccn2)nc1OCCCCC(=O)NCCCc1ccccc1. The Morgan fingerprint density at radius 2 is 1.48 bits per heavy atom. The van der Waals surface area contributed by atoms with Crippen molar-refractivity contribution in [2.45, 2.75) is 63.2 Å². The fourth-order valence-corrected chi connectivity index (χ4v) is 6.15. The van der Waals surface area contributed by atoms with Crippen molar-refractivity contribution in [1.29, 1.82) is 0 Å². The number of unbranched alkanes of at least 4 members (excludes halogenated alkanes) is 1. The normalized spacial score (nSPS) is 11.5. The molecule has 3 aromatic carbocycles. The fraction of sp³-hybridized carbons (Fsp3) is 0.308. The van der Waals surface area contributed by atoms with E-state index in [1.165, 1.54) is 25.1 Å². The van der Waals surface area contributed by atoms with E-state index >= 15 is 0 Å². The molecule has 0 bridgehead atoms. The number of nitrogens with one attached hydrogen (secondary N) is 2. The van der Waals surface area contributed by atoms with Crippen molar-refractivity contribution in [2.75, 3.05) is 25.0 Å². The van der Waals surface area contributed by atoms with Crippen LogP contribution in [0.3, 0.4) is 0 Å². The molecule has 2 heterocycles. The van der Waals surface area contributed by atoms with Crippen LogP contribution in [0.2, 0.25) is 0 Å². The molecule has 0 unspecified atom stereocenters. The fourth-order valence-electron chi connectivity index (χ4n) is 5.15. The van der Waals surface area contributed by atoms with Gasteiger partial charge in [-0.3, -0.25) is 9.52 Å². The van der Waals surface area contributed by atoms with Crippen LogP contribution in [-0.2, 0) is 26.7 Å². The van der Waals surface area contributed by atoms with Crippen LogP contribution >= 0.6 is 0 Å². The van der Waals surface area contributed by atoms with Crippen LogP contribution in [0.25, 0.3) is 11.6 Å². The molecule has 0 saturated carbocycles. The summed E-state index contributed by atoms with van der Waals surface area (Å²) in [4.78, 5) is 30.1. The van der Waals surface area contributed by atoms with Gasteiger partial charge in [-0.15, -0.1) is 0 Å². The number of para-hydroxylation sites is 2. The van der Waals surface area contributed by atoms with Crippen molar-refractivity contribution >= 4 is 21.7 Å². The van der Waals surface area contributed by atoms with E-state index in [0.717, 1.165) is 18.4 Å². The first-order valence-electron chi connectivity index (χ1n) is 17.1. The Labute approximate surface area is 305 Å². The standard InChI is InChI=1S/C39H44N6O6S/c1-39(2,3)29-20-22-30(23-21-29)52(47,48)45-35-34(51-32-18-9-8-17-31(32)49-4)38(44-37(43-35)36-41-25-13-26-42-36)50-27-11-10-19-33(46)40-24-12-16-28-14-6-5-7-15-28/h5-9,13-15,17-18,20-23,25-26H,10-12,16,19,24,27H2,1-4H3,(H,40,46)(H,43,44,45). The Hall–Kier alpha value is -5.56. The van der Waals surface area contributed by atoms with Crippen molar-refractivity contribution < 1.29 is 27.4 Å². The van der Waals surface area contributed by atoms with E-state index in [0.29, 0.717) is 31.6 Å². The van der Waals surface area contributed by atoms with E-state index in [1.807, 2.05) is 18.2 Å². The van der Waals surface area contributed by atoms with Gasteiger partial charge in [0.15, 0.2) is 23.1 Å². The number of ether oxygens (including phenoxy) is 3. The lowest BCUT2D eigenvalue weighted by Gasteiger charge is -2.20. The molecule has 52 heavy (non-hydrogen) atoms. The molecule has 0 fully saturated rings. The Morgan fingerprint density at radius 1 is 0.788 bits per heavy atom. The molecule has 0 aliphatic rings. The number of rotatable bonds is 17. The van der Waals surface area contributed by atoms with Crippen LogP contribution in [0.1, 0.15) is 57.6 Å². The van der Waals surface area contributed by atoms with Gasteiger partial charge in [-0.25, -0.2) is 23.4 Å². The number of hydrogen-bond donors (Lipinski definition) is 2. The minimum atomic E-state index is -4.18. The largest absolute Gasteiger partial charge is 0.493 e. The van der Waals surface area contributed by atoms with Gasteiger partial charge < -0.3 is 19.5 Å². The topological polar surface area (TPSA) is 155 Å². The van der Waals surface area contributed by atoms with Crippen LogP contribution in [0.5, 0.6) is 23.1 Å². The summed E-state index contributed by atoms with van der Waals surface area (Å²) in [6, 6.07) is 25.3. The van der Waals surface area contributed by atoms with E-state index in [9.17, 15) is 13.2 Å². The third kappa shape index (κ3) is 10.5. The molecule has 0 aliphatic carbocycles. The minimum Gasteiger partial charge on any atom is -0.493 e. The molecule has 13 heteroatoms. The number of nitrogens with zero attached hydrogens (tertiary/aromatic N) is 4. The maximum atomic E-state index is 13.8. The molecular formula is C39H44N6O6S. The average Bonchev–Trinajstić information content (AvgIpc) is 3.14. The minimum absolute atomic E-state index is 0.0126. The van der Waals surface area contributed by atoms with Gasteiger partial charge in [-0.1, -0.05) is 75.4 Å². The highest BCUT2D eigenvalue weighted by atomic mass is 32.2. The van der Waals surface area contributed by atoms with E-state index in [1.54, 1.807) is 54.6 Å². The molecular weight excluding hydrogens is 681 g/mol. The first kappa shape index (κ1) is 37.7. The molecule has 0 saturated heterocycles. The second-order valence-electron chi connectivity index (χ2n) is 13.0. The zero-order valence-corrected chi connectivity index (χ0v) is 30.7. The number of amides is 1. The number of carbonyl (C=O) groups is 1. The van der Waals surface area contributed by atoms with Gasteiger partial charge >= 0.3 is 0 Å². The molecule has 12 nitrogen and oxygen atoms in total. The Kier molecular flexibility index (Phi) is 12.7. The summed E-state index contributed by atoms with van der Waals surface area (Å²) in [6.45, 7) is 6.90. The number of carbonyl (C=O) groups excluding carboxylic acids is 1. The molecule has 272 valence electrons. The van der Waals surface area contributed by atoms with Gasteiger partial charge in [0, 0.05) is 25.4 Å². The molecule has 5 aromatic rings. The maximum absolute atomic E-state index is 13.8. The van der Waals surface area contributed by atoms with Crippen molar-refractivity contribution in [3.8, 4) is 34.8 Å². The Balaban J connectivity index is 1.37. The highest BCUT2D eigenvalue weighted by Crippen LogP contribution is 2.41. The molecule has 0 atom stereocenters. The highest BCUT2D eigenvalue weighted by Gasteiger charge is 2.26. The molecule has 0 spiro atoms. The Bertz CT molecular complexity index is 2020. The first-order chi connectivity index (χ1) is 25.0. The van der Waals surface area contributed by atoms with Crippen LogP contribution in [-0.4, -0.2) is 54.5 Å². The van der Waals surface area contributed by atoms with Crippen LogP contribution in [0.15, 0.2) is 102 Å². The summed E-state index contributed by atoms with van der Waals surface area (Å²) in [5, 5.41) is 2.98. The summed E-state index contributed by atoms with van der Waals surface area (Å²) in [5.41, 5.74) is 2.05. The van der Waals surface area contributed by atoms with Gasteiger partial charge in [0.1, 0.15) is 0 Å². The van der Waals surface area contributed by atoms with Crippen molar-refractivity contribution in [3.05, 3.63) is 108 Å². The van der Waals surface area contributed by atoms with Gasteiger partial charge in [0.05, 0.1) is 18.6 Å². The van der Waals surface area contributed by atoms with Gasteiger partial charge in [-0.2, -0.15) is 4.98 Å². The lowest BCUT2D eigenvalue weighted by molar-refractivity contribution is -0.121. The average molecular weight is 725 g/mol. The highest BCUT2D eigenvalue weighted by molar-refractivity contribution is 7.92. The summed E-state index contributed by atoms with van der Waals surface area (Å²) >= 11 is 0. The zero-order chi connectivity index (χ0) is 37.0. The number of aryl methyl sites for hydroxylation is 1. The first-order valence-corrected chi connectivity index (χ1v) is 18.6. The summed E-state index contributed by atoms with van der Waals surface area (Å²) in [7, 11) is -2.68. The van der Waals surface area contributed by atoms with Gasteiger partial charge in [0.2, 0.25) is 17.5 Å². The van der Waals surface area contributed by atoms with Gasteiger partial charge in [0.25, 0.3) is 15.9 Å². The van der Waals surface area contributed by atoms with Gasteiger partial charge in [-0.05, 0) is 72.6 Å². The molecule has 0 aliphatic heterocycles. The van der Waals surface area contributed by atoms with Crippen molar-refractivity contribution in [2.24, 2.45) is 0 Å². The van der Waals surface area contributed by atoms with Crippen LogP contribution in [0.4, 0.5) is 5.82 Å². The van der Waals surface area contributed by atoms with E-state index in [-0.39, 0.29) is 57.7 Å². The lowest BCUT2D eigenvalue weighted by atomic mass is 9.87. The monoisotopic (exact) mass is 724 g/mol. The van der Waals surface area contributed by atoms with Crippen LogP contribution < -0.4 is 24.2 Å². The number of benzene rings is 3. The second-order valence-corrected chi connectivity index (χ2v) is 14.7. The number of anilines is 1. The number of methoxy groups -OCH3 is 1. The smallest absolute Gasteiger partial charge is 0.263 e. The molecule has 5 rings (SSSR count). The molecule has 0 radical (unpaired) electrons. The molecule has 2 N–H and O–H groups in total. The number of aromatic nitrogens is 4. The zero-order valence-electron chi connectivity index (χ0n) is 29.8. The maximum Gasteiger partial charge on any atom is 0.263 e. The summed E-state index contributed by atoms with van der Waals surface area (Å²) in [6.07, 6.45) is 6.18.